The number of hydrogen-bond donors (Lipinski definition) is 0. The van der Waals surface area contributed by atoms with E-state index >= 15 is 0 Å². The van der Waals surface area contributed by atoms with Gasteiger partial charge in [-0.1, -0.05) is 11.6 Å². The molecule has 0 fully saturated rings. The lowest BCUT2D eigenvalue weighted by Crippen LogP contribution is -2.00. The Morgan fingerprint density at radius 1 is 1.37 bits per heavy atom. The van der Waals surface area contributed by atoms with Crippen molar-refractivity contribution in [2.45, 2.75) is 12.5 Å². The lowest BCUT2D eigenvalue weighted by Gasteiger charge is -2.14. The highest BCUT2D eigenvalue weighted by molar-refractivity contribution is 6.31. The van der Waals surface area contributed by atoms with Gasteiger partial charge in [-0.2, -0.15) is 5.10 Å². The quantitative estimate of drug-likeness (QED) is 0.794. The van der Waals surface area contributed by atoms with E-state index in [2.05, 4.69) is 5.10 Å². The second kappa shape index (κ2) is 6.17. The van der Waals surface area contributed by atoms with E-state index in [0.717, 1.165) is 11.1 Å². The predicted molar refractivity (Wildman–Crippen MR) is 75.1 cm³/mol. The van der Waals surface area contributed by atoms with Crippen LogP contribution in [0.15, 0.2) is 24.5 Å². The molecule has 0 bridgehead atoms. The van der Waals surface area contributed by atoms with Crippen LogP contribution in [-0.4, -0.2) is 16.9 Å². The number of hydrogen-bond acceptors (Lipinski definition) is 3. The van der Waals surface area contributed by atoms with Crippen LogP contribution in [0.4, 0.5) is 0 Å². The molecule has 1 heterocycles. The molecular formula is C13H14Cl2N2O2. The minimum Gasteiger partial charge on any atom is -0.493 e. The molecule has 2 aromatic rings. The zero-order valence-corrected chi connectivity index (χ0v) is 12.2. The second-order valence-corrected chi connectivity index (χ2v) is 4.74. The van der Waals surface area contributed by atoms with Crippen molar-refractivity contribution >= 4 is 23.2 Å². The molecule has 0 aliphatic carbocycles. The first-order chi connectivity index (χ1) is 9.13. The first-order valence-corrected chi connectivity index (χ1v) is 6.58. The molecule has 0 saturated heterocycles. The molecule has 0 radical (unpaired) electrons. The van der Waals surface area contributed by atoms with Gasteiger partial charge in [-0.3, -0.25) is 4.68 Å². The Bertz CT molecular complexity index is 545. The summed E-state index contributed by atoms with van der Waals surface area (Å²) in [6.07, 6.45) is 3.64. The molecule has 2 rings (SSSR count). The monoisotopic (exact) mass is 300 g/mol. The standard InChI is InChI=1S/C13H14Cl2N2O2/c1-17-7-9(6-16-17)8-19-13-10(5-14)3-11(15)4-12(13)18-2/h3-4,6-7H,5,8H2,1-2H3. The van der Waals surface area contributed by atoms with E-state index in [-0.39, 0.29) is 0 Å². The van der Waals surface area contributed by atoms with Gasteiger partial charge in [0.25, 0.3) is 0 Å². The molecule has 0 aliphatic heterocycles. The van der Waals surface area contributed by atoms with Gasteiger partial charge < -0.3 is 9.47 Å². The van der Waals surface area contributed by atoms with Gasteiger partial charge in [0.2, 0.25) is 0 Å². The maximum absolute atomic E-state index is 5.99. The van der Waals surface area contributed by atoms with Crippen molar-refractivity contribution in [3.63, 3.8) is 0 Å². The highest BCUT2D eigenvalue weighted by Gasteiger charge is 2.12. The van der Waals surface area contributed by atoms with Crippen LogP contribution in [0, 0.1) is 0 Å². The van der Waals surface area contributed by atoms with E-state index < -0.39 is 0 Å². The summed E-state index contributed by atoms with van der Waals surface area (Å²) in [7, 11) is 3.43. The zero-order chi connectivity index (χ0) is 13.8. The highest BCUT2D eigenvalue weighted by Crippen LogP contribution is 2.36. The van der Waals surface area contributed by atoms with E-state index in [1.54, 1.807) is 30.1 Å². The normalized spacial score (nSPS) is 10.5. The van der Waals surface area contributed by atoms with Crippen LogP contribution in [-0.2, 0) is 19.5 Å². The van der Waals surface area contributed by atoms with Crippen molar-refractivity contribution < 1.29 is 9.47 Å². The molecule has 0 aliphatic rings. The van der Waals surface area contributed by atoms with E-state index in [4.69, 9.17) is 32.7 Å². The molecule has 6 heteroatoms. The SMILES string of the molecule is COc1cc(Cl)cc(CCl)c1OCc1cnn(C)c1. The molecule has 1 aromatic carbocycles. The summed E-state index contributed by atoms with van der Waals surface area (Å²) < 4.78 is 12.8. The van der Waals surface area contributed by atoms with Crippen LogP contribution in [0.1, 0.15) is 11.1 Å². The summed E-state index contributed by atoms with van der Waals surface area (Å²) in [5.74, 6) is 1.50. The molecule has 0 saturated carbocycles. The maximum Gasteiger partial charge on any atom is 0.166 e. The molecule has 19 heavy (non-hydrogen) atoms. The van der Waals surface area contributed by atoms with Gasteiger partial charge in [0.05, 0.1) is 19.2 Å². The summed E-state index contributed by atoms with van der Waals surface area (Å²) in [5, 5.41) is 4.66. The van der Waals surface area contributed by atoms with Gasteiger partial charge >= 0.3 is 0 Å². The molecular weight excluding hydrogens is 287 g/mol. The Hall–Kier alpha value is -1.39. The van der Waals surface area contributed by atoms with Crippen molar-refractivity contribution in [1.29, 1.82) is 0 Å². The van der Waals surface area contributed by atoms with Gasteiger partial charge in [0.1, 0.15) is 6.61 Å². The van der Waals surface area contributed by atoms with Crippen LogP contribution in [0.5, 0.6) is 11.5 Å². The molecule has 0 N–H and O–H groups in total. The fourth-order valence-corrected chi connectivity index (χ4v) is 2.17. The van der Waals surface area contributed by atoms with E-state index in [1.165, 1.54) is 0 Å². The van der Waals surface area contributed by atoms with Gasteiger partial charge in [0, 0.05) is 35.5 Å². The van der Waals surface area contributed by atoms with Crippen molar-refractivity contribution in [2.75, 3.05) is 7.11 Å². The molecule has 0 unspecified atom stereocenters. The topological polar surface area (TPSA) is 36.3 Å². The first-order valence-electron chi connectivity index (χ1n) is 5.66. The maximum atomic E-state index is 5.99. The summed E-state index contributed by atoms with van der Waals surface area (Å²) in [5.41, 5.74) is 1.77. The number of halogens is 2. The largest absolute Gasteiger partial charge is 0.493 e. The van der Waals surface area contributed by atoms with Crippen molar-refractivity contribution in [2.24, 2.45) is 7.05 Å². The van der Waals surface area contributed by atoms with Gasteiger partial charge in [-0.15, -0.1) is 11.6 Å². The molecule has 0 atom stereocenters. The zero-order valence-electron chi connectivity index (χ0n) is 10.7. The molecule has 0 spiro atoms. The number of aromatic nitrogens is 2. The number of aryl methyl sites for hydroxylation is 1. The number of rotatable bonds is 5. The fourth-order valence-electron chi connectivity index (χ4n) is 1.74. The van der Waals surface area contributed by atoms with Gasteiger partial charge in [-0.05, 0) is 6.07 Å². The number of alkyl halides is 1. The van der Waals surface area contributed by atoms with Crippen molar-refractivity contribution in [3.8, 4) is 11.5 Å². The number of nitrogens with zero attached hydrogens (tertiary/aromatic N) is 2. The van der Waals surface area contributed by atoms with Crippen LogP contribution in [0.25, 0.3) is 0 Å². The number of methoxy groups -OCH3 is 1. The minimum absolute atomic E-state index is 0.305. The van der Waals surface area contributed by atoms with Crippen LogP contribution in [0.2, 0.25) is 5.02 Å². The van der Waals surface area contributed by atoms with Crippen LogP contribution < -0.4 is 9.47 Å². The van der Waals surface area contributed by atoms with E-state index in [0.29, 0.717) is 29.0 Å². The number of ether oxygens (including phenoxy) is 2. The fraction of sp³-hybridized carbons (Fsp3) is 0.308. The van der Waals surface area contributed by atoms with Crippen molar-refractivity contribution in [3.05, 3.63) is 40.7 Å². The Balaban J connectivity index is 2.23. The van der Waals surface area contributed by atoms with Crippen LogP contribution in [0.3, 0.4) is 0 Å². The Kier molecular flexibility index (Phi) is 4.56. The molecule has 1 aromatic heterocycles. The molecule has 0 amide bonds. The predicted octanol–water partition coefficient (Wildman–Crippen LogP) is 3.40. The lowest BCUT2D eigenvalue weighted by molar-refractivity contribution is 0.282. The third-order valence-corrected chi connectivity index (χ3v) is 3.11. The summed E-state index contributed by atoms with van der Waals surface area (Å²) >= 11 is 11.9. The van der Waals surface area contributed by atoms with Gasteiger partial charge in [0.15, 0.2) is 11.5 Å². The van der Waals surface area contributed by atoms with Crippen molar-refractivity contribution in [1.82, 2.24) is 9.78 Å². The summed E-state index contributed by atoms with van der Waals surface area (Å²) in [6.45, 7) is 0.399. The number of benzene rings is 1. The Morgan fingerprint density at radius 2 is 2.16 bits per heavy atom. The molecule has 102 valence electrons. The smallest absolute Gasteiger partial charge is 0.166 e. The highest BCUT2D eigenvalue weighted by atomic mass is 35.5. The summed E-state index contributed by atoms with van der Waals surface area (Å²) in [4.78, 5) is 0. The second-order valence-electron chi connectivity index (χ2n) is 4.04. The average Bonchev–Trinajstić information content (AvgIpc) is 2.81. The third-order valence-electron chi connectivity index (χ3n) is 2.60. The van der Waals surface area contributed by atoms with E-state index in [9.17, 15) is 0 Å². The van der Waals surface area contributed by atoms with Gasteiger partial charge in [-0.25, -0.2) is 0 Å². The minimum atomic E-state index is 0.305. The third kappa shape index (κ3) is 3.33. The lowest BCUT2D eigenvalue weighted by atomic mass is 10.2. The average molecular weight is 301 g/mol. The van der Waals surface area contributed by atoms with Crippen LogP contribution >= 0.6 is 23.2 Å². The molecule has 4 nitrogen and oxygen atoms in total. The first kappa shape index (κ1) is 14.0. The summed E-state index contributed by atoms with van der Waals surface area (Å²) in [6, 6.07) is 3.48. The Morgan fingerprint density at radius 3 is 2.74 bits per heavy atom. The van der Waals surface area contributed by atoms with E-state index in [1.807, 2.05) is 13.2 Å². The Labute approximate surface area is 121 Å².